The third-order valence-electron chi connectivity index (χ3n) is 1.89. The van der Waals surface area contributed by atoms with Crippen LogP contribution in [0.5, 0.6) is 0 Å². The lowest BCUT2D eigenvalue weighted by atomic mass is 10.2. The maximum atomic E-state index is 11.3. The monoisotopic (exact) mass is 216 g/mol. The first-order chi connectivity index (χ1) is 6.95. The number of oxime groups is 1. The van der Waals surface area contributed by atoms with Crippen LogP contribution < -0.4 is 11.1 Å². The summed E-state index contributed by atoms with van der Waals surface area (Å²) in [5, 5.41) is 13.8. The van der Waals surface area contributed by atoms with Crippen LogP contribution in [0.2, 0.25) is 0 Å². The van der Waals surface area contributed by atoms with E-state index < -0.39 is 0 Å². The van der Waals surface area contributed by atoms with Gasteiger partial charge in [-0.2, -0.15) is 0 Å². The summed E-state index contributed by atoms with van der Waals surface area (Å²) in [6.07, 6.45) is 0.803. The molecule has 0 heterocycles. The zero-order valence-electron chi connectivity index (χ0n) is 9.53. The van der Waals surface area contributed by atoms with E-state index in [4.69, 9.17) is 10.9 Å². The Bertz CT molecular complexity index is 228. The second-order valence-corrected chi connectivity index (χ2v) is 3.83. The third kappa shape index (κ3) is 7.75. The summed E-state index contributed by atoms with van der Waals surface area (Å²) in [6.45, 7) is 2.83. The molecule has 0 fully saturated rings. The number of amidine groups is 1. The van der Waals surface area contributed by atoms with Crippen LogP contribution in [0.15, 0.2) is 5.16 Å². The van der Waals surface area contributed by atoms with Gasteiger partial charge in [-0.3, -0.25) is 4.79 Å². The van der Waals surface area contributed by atoms with E-state index in [1.165, 1.54) is 0 Å². The van der Waals surface area contributed by atoms with Gasteiger partial charge in [0.15, 0.2) is 0 Å². The van der Waals surface area contributed by atoms with Crippen LogP contribution in [0.4, 0.5) is 0 Å². The minimum absolute atomic E-state index is 0.0667. The van der Waals surface area contributed by atoms with E-state index in [9.17, 15) is 4.79 Å². The molecule has 88 valence electrons. The van der Waals surface area contributed by atoms with Gasteiger partial charge in [-0.15, -0.1) is 0 Å². The van der Waals surface area contributed by atoms with Gasteiger partial charge in [-0.1, -0.05) is 5.16 Å². The first-order valence-electron chi connectivity index (χ1n) is 4.86. The number of nitrogens with one attached hydrogen (secondary N) is 1. The van der Waals surface area contributed by atoms with Crippen molar-refractivity contribution in [3.63, 3.8) is 0 Å². The van der Waals surface area contributed by atoms with Crippen molar-refractivity contribution >= 4 is 11.7 Å². The summed E-state index contributed by atoms with van der Waals surface area (Å²) in [5.41, 5.74) is 5.20. The third-order valence-corrected chi connectivity index (χ3v) is 1.89. The Morgan fingerprint density at radius 1 is 1.60 bits per heavy atom. The molecule has 0 radical (unpaired) electrons. The van der Waals surface area contributed by atoms with Crippen molar-refractivity contribution in [1.82, 2.24) is 10.2 Å². The van der Waals surface area contributed by atoms with Gasteiger partial charge in [-0.05, 0) is 34.0 Å². The second-order valence-electron chi connectivity index (χ2n) is 3.83. The first-order valence-corrected chi connectivity index (χ1v) is 4.86. The number of nitrogens with zero attached hydrogens (tertiary/aromatic N) is 2. The summed E-state index contributed by atoms with van der Waals surface area (Å²) >= 11 is 0. The SMILES string of the molecule is CC(CCN(C)C)NC(=O)CC(N)=NO. The van der Waals surface area contributed by atoms with E-state index in [1.807, 2.05) is 25.9 Å². The van der Waals surface area contributed by atoms with E-state index in [-0.39, 0.29) is 24.2 Å². The molecule has 0 aromatic carbocycles. The Balaban J connectivity index is 3.76. The largest absolute Gasteiger partial charge is 0.409 e. The molecule has 1 atom stereocenters. The quantitative estimate of drug-likeness (QED) is 0.243. The van der Waals surface area contributed by atoms with Gasteiger partial charge >= 0.3 is 0 Å². The standard InChI is InChI=1S/C9H20N4O2/c1-7(4-5-13(2)3)11-9(14)6-8(10)12-15/h7,15H,4-6H2,1-3H3,(H2,10,12)(H,11,14). The lowest BCUT2D eigenvalue weighted by Gasteiger charge is -2.16. The summed E-state index contributed by atoms with van der Waals surface area (Å²) < 4.78 is 0. The number of hydrogen-bond acceptors (Lipinski definition) is 4. The Kier molecular flexibility index (Phi) is 6.44. The maximum Gasteiger partial charge on any atom is 0.227 e. The average Bonchev–Trinajstić information content (AvgIpc) is 2.14. The van der Waals surface area contributed by atoms with Crippen LogP contribution in [0.1, 0.15) is 19.8 Å². The Morgan fingerprint density at radius 2 is 2.20 bits per heavy atom. The summed E-state index contributed by atoms with van der Waals surface area (Å²) in [5.74, 6) is -0.302. The molecule has 0 saturated heterocycles. The molecule has 0 aliphatic heterocycles. The van der Waals surface area contributed by atoms with Crippen LogP contribution in [0, 0.1) is 0 Å². The fourth-order valence-corrected chi connectivity index (χ4v) is 1.05. The molecule has 15 heavy (non-hydrogen) atoms. The first kappa shape index (κ1) is 13.7. The molecule has 0 aromatic rings. The highest BCUT2D eigenvalue weighted by molar-refractivity contribution is 5.98. The fourth-order valence-electron chi connectivity index (χ4n) is 1.05. The molecule has 1 unspecified atom stereocenters. The average molecular weight is 216 g/mol. The van der Waals surface area contributed by atoms with Gasteiger partial charge in [0, 0.05) is 6.04 Å². The highest BCUT2D eigenvalue weighted by Gasteiger charge is 2.09. The smallest absolute Gasteiger partial charge is 0.227 e. The molecule has 6 heteroatoms. The van der Waals surface area contributed by atoms with E-state index in [0.717, 1.165) is 13.0 Å². The molecule has 0 aromatic heterocycles. The van der Waals surface area contributed by atoms with E-state index in [0.29, 0.717) is 0 Å². The lowest BCUT2D eigenvalue weighted by molar-refractivity contribution is -0.120. The lowest BCUT2D eigenvalue weighted by Crippen LogP contribution is -2.36. The molecule has 6 nitrogen and oxygen atoms in total. The molecule has 0 spiro atoms. The Hall–Kier alpha value is -1.30. The molecule has 1 amide bonds. The predicted octanol–water partition coefficient (Wildman–Crippen LogP) is -0.421. The molecule has 0 aliphatic rings. The van der Waals surface area contributed by atoms with E-state index in [1.54, 1.807) is 0 Å². The maximum absolute atomic E-state index is 11.3. The molecule has 4 N–H and O–H groups in total. The van der Waals surface area contributed by atoms with Gasteiger partial charge in [-0.25, -0.2) is 0 Å². The van der Waals surface area contributed by atoms with E-state index in [2.05, 4.69) is 10.5 Å². The topological polar surface area (TPSA) is 91.0 Å². The van der Waals surface area contributed by atoms with Crippen LogP contribution in [-0.2, 0) is 4.79 Å². The molecule has 0 aliphatic carbocycles. The minimum Gasteiger partial charge on any atom is -0.409 e. The van der Waals surface area contributed by atoms with Crippen LogP contribution in [0.25, 0.3) is 0 Å². The molecular weight excluding hydrogens is 196 g/mol. The van der Waals surface area contributed by atoms with Crippen LogP contribution >= 0.6 is 0 Å². The highest BCUT2D eigenvalue weighted by Crippen LogP contribution is 1.93. The molecular formula is C9H20N4O2. The van der Waals surface area contributed by atoms with Crippen molar-refractivity contribution < 1.29 is 10.0 Å². The van der Waals surface area contributed by atoms with Crippen molar-refractivity contribution in [1.29, 1.82) is 0 Å². The second kappa shape index (κ2) is 7.05. The number of hydrogen-bond donors (Lipinski definition) is 3. The summed E-state index contributed by atoms with van der Waals surface area (Å²) in [4.78, 5) is 13.3. The predicted molar refractivity (Wildman–Crippen MR) is 58.8 cm³/mol. The van der Waals surface area contributed by atoms with Crippen LogP contribution in [-0.4, -0.2) is 48.5 Å². The number of carbonyl (C=O) groups is 1. The van der Waals surface area contributed by atoms with Gasteiger partial charge in [0.2, 0.25) is 5.91 Å². The normalized spacial score (nSPS) is 14.0. The van der Waals surface area contributed by atoms with Gasteiger partial charge in [0.1, 0.15) is 5.84 Å². The van der Waals surface area contributed by atoms with Gasteiger partial charge < -0.3 is 21.2 Å². The van der Waals surface area contributed by atoms with E-state index >= 15 is 0 Å². The highest BCUT2D eigenvalue weighted by atomic mass is 16.4. The number of carbonyl (C=O) groups excluding carboxylic acids is 1. The van der Waals surface area contributed by atoms with Gasteiger partial charge in [0.05, 0.1) is 6.42 Å². The van der Waals surface area contributed by atoms with Crippen molar-refractivity contribution in [3.05, 3.63) is 0 Å². The zero-order chi connectivity index (χ0) is 11.8. The summed E-state index contributed by atoms with van der Waals surface area (Å²) in [6, 6.07) is 0.0893. The number of rotatable bonds is 6. The molecule has 0 saturated carbocycles. The van der Waals surface area contributed by atoms with Crippen LogP contribution in [0.3, 0.4) is 0 Å². The zero-order valence-corrected chi connectivity index (χ0v) is 9.53. The molecule has 0 bridgehead atoms. The van der Waals surface area contributed by atoms with Crippen molar-refractivity contribution in [3.8, 4) is 0 Å². The Morgan fingerprint density at radius 3 is 2.67 bits per heavy atom. The fraction of sp³-hybridized carbons (Fsp3) is 0.778. The van der Waals surface area contributed by atoms with Gasteiger partial charge in [0.25, 0.3) is 0 Å². The number of amides is 1. The number of nitrogens with two attached hydrogens (primary N) is 1. The minimum atomic E-state index is -0.225. The summed E-state index contributed by atoms with van der Waals surface area (Å²) in [7, 11) is 3.95. The molecule has 0 rings (SSSR count). The Labute approximate surface area is 90.1 Å². The van der Waals surface area contributed by atoms with Crippen molar-refractivity contribution in [2.75, 3.05) is 20.6 Å². The van der Waals surface area contributed by atoms with Crippen molar-refractivity contribution in [2.24, 2.45) is 10.9 Å². The van der Waals surface area contributed by atoms with Crippen molar-refractivity contribution in [2.45, 2.75) is 25.8 Å².